The fourth-order valence-corrected chi connectivity index (χ4v) is 10.2. The number of hydrogen-bond donors (Lipinski definition) is 1. The summed E-state index contributed by atoms with van der Waals surface area (Å²) in [7, 11) is 0. The molecule has 1 heterocycles. The number of aliphatic hydroxyl groups is 1. The summed E-state index contributed by atoms with van der Waals surface area (Å²) in [6, 6.07) is 80.1. The van der Waals surface area contributed by atoms with Gasteiger partial charge in [0, 0.05) is 0 Å². The Hall–Kier alpha value is -6.68. The minimum atomic E-state index is -1.21. The lowest BCUT2D eigenvalue weighted by atomic mass is 9.83. The smallest absolute Gasteiger partial charge is 0.187 e. The Morgan fingerprint density at radius 3 is 0.658 bits per heavy atom. The molecule has 2 unspecified atom stereocenters. The highest BCUT2D eigenvalue weighted by Gasteiger charge is 2.58. The molecule has 11 atom stereocenters. The van der Waals surface area contributed by atoms with Crippen LogP contribution in [0.1, 0.15) is 44.5 Å². The van der Waals surface area contributed by atoms with Crippen LogP contribution in [0.2, 0.25) is 0 Å². The molecule has 408 valence electrons. The van der Waals surface area contributed by atoms with Gasteiger partial charge in [0.25, 0.3) is 0 Å². The second-order valence-corrected chi connectivity index (χ2v) is 19.9. The van der Waals surface area contributed by atoms with Crippen molar-refractivity contribution >= 4 is 0 Å². The van der Waals surface area contributed by atoms with Gasteiger partial charge in [0.2, 0.25) is 0 Å². The summed E-state index contributed by atoms with van der Waals surface area (Å²) >= 11 is 0. The maximum atomic E-state index is 11.5. The van der Waals surface area contributed by atoms with Crippen molar-refractivity contribution in [3.05, 3.63) is 287 Å². The van der Waals surface area contributed by atoms with Crippen LogP contribution < -0.4 is 0 Å². The summed E-state index contributed by atoms with van der Waals surface area (Å²) in [5.41, 5.74) is 7.62. The second kappa shape index (κ2) is 29.5. The molecule has 1 saturated heterocycles. The molecule has 10 rings (SSSR count). The van der Waals surface area contributed by atoms with Crippen LogP contribution in [-0.4, -0.2) is 79.0 Å². The maximum Gasteiger partial charge on any atom is 0.187 e. The molecule has 1 N–H and O–H groups in total. The molecule has 1 saturated carbocycles. The van der Waals surface area contributed by atoms with Crippen LogP contribution in [0, 0.1) is 0 Å². The topological polar surface area (TPSA) is 113 Å². The Balaban J connectivity index is 1.10. The van der Waals surface area contributed by atoms with Crippen molar-refractivity contribution in [3.63, 3.8) is 0 Å². The highest BCUT2D eigenvalue weighted by Crippen LogP contribution is 2.40. The van der Waals surface area contributed by atoms with Crippen molar-refractivity contribution in [1.82, 2.24) is 0 Å². The molecule has 1 aliphatic carbocycles. The zero-order valence-electron chi connectivity index (χ0n) is 44.3. The van der Waals surface area contributed by atoms with Gasteiger partial charge in [0.05, 0.1) is 59.5 Å². The Labute approximate surface area is 464 Å². The summed E-state index contributed by atoms with van der Waals surface area (Å²) < 4.78 is 72.0. The Kier molecular flexibility index (Phi) is 20.8. The van der Waals surface area contributed by atoms with E-state index in [0.717, 1.165) is 44.5 Å². The van der Waals surface area contributed by atoms with Crippen LogP contribution in [0.15, 0.2) is 243 Å². The predicted molar refractivity (Wildman–Crippen MR) is 301 cm³/mol. The van der Waals surface area contributed by atoms with Crippen molar-refractivity contribution in [2.45, 2.75) is 120 Å². The Bertz CT molecular complexity index is 2810. The third-order valence-corrected chi connectivity index (χ3v) is 14.3. The molecule has 2 fully saturated rings. The predicted octanol–water partition coefficient (Wildman–Crippen LogP) is 11.8. The average Bonchev–Trinajstić information content (AvgIpc) is 3.63. The fourth-order valence-electron chi connectivity index (χ4n) is 10.2. The molecule has 0 aromatic heterocycles. The van der Waals surface area contributed by atoms with Crippen LogP contribution in [0.25, 0.3) is 0 Å². The molecular formula is C68H70O11. The van der Waals surface area contributed by atoms with Gasteiger partial charge in [0.15, 0.2) is 6.29 Å². The van der Waals surface area contributed by atoms with E-state index < -0.39 is 73.9 Å². The zero-order chi connectivity index (χ0) is 53.7. The molecule has 0 spiro atoms. The molecule has 8 aromatic rings. The number of benzene rings is 8. The fraction of sp³-hybridized carbons (Fsp3) is 0.294. The van der Waals surface area contributed by atoms with E-state index in [1.807, 2.05) is 243 Å². The standard InChI is InChI=1S/C68H70O11/c69-41-58-59(70-42-50-25-9-1-10-26-50)60(71-43-51-27-11-2-12-28-51)67(77-49-57-39-23-8-24-40-57)68(78-58)79-66-64(75-47-55-35-19-6-20-36-55)62(73-45-53-31-15-4-16-32-53)61(72-44-52-29-13-3-14-30-52)63(74-46-54-33-17-5-18-34-54)65(66)76-48-56-37-21-7-22-38-56/h1-40,58-69H,41-49H2/t58-,59+,60+,61?,62-,63+,64+,65+,66?,67-,68-/m1/s1. The molecule has 11 nitrogen and oxygen atoms in total. The molecule has 1 aliphatic heterocycles. The molecular weight excluding hydrogens is 993 g/mol. The van der Waals surface area contributed by atoms with Crippen molar-refractivity contribution in [2.75, 3.05) is 6.61 Å². The van der Waals surface area contributed by atoms with Crippen molar-refractivity contribution in [1.29, 1.82) is 0 Å². The highest BCUT2D eigenvalue weighted by atomic mass is 16.7. The minimum absolute atomic E-state index is 0.183. The van der Waals surface area contributed by atoms with Gasteiger partial charge in [-0.3, -0.25) is 0 Å². The van der Waals surface area contributed by atoms with Crippen LogP contribution in [0.5, 0.6) is 0 Å². The maximum absolute atomic E-state index is 11.5. The summed E-state index contributed by atoms with van der Waals surface area (Å²) in [4.78, 5) is 0. The Morgan fingerprint density at radius 2 is 0.430 bits per heavy atom. The molecule has 0 radical (unpaired) electrons. The molecule has 0 amide bonds. The first kappa shape index (κ1) is 55.6. The SMILES string of the molecule is OC[C@H]1O[C@H](OC2[C@@H](OCc3ccccc3)[C@H](OCc3ccccc3)C(OCc3ccccc3)[C@H](OCc3ccccc3)[C@@H]2OCc2ccccc2)[C@H](OCc2ccccc2)[C@@H](OCc2ccccc2)[C@H]1OCc1ccccc1. The van der Waals surface area contributed by atoms with Gasteiger partial charge in [-0.1, -0.05) is 243 Å². The van der Waals surface area contributed by atoms with Crippen molar-refractivity contribution < 1.29 is 52.5 Å². The first-order valence-electron chi connectivity index (χ1n) is 27.3. The number of hydrogen-bond acceptors (Lipinski definition) is 11. The van der Waals surface area contributed by atoms with Crippen LogP contribution in [-0.2, 0) is 100 Å². The van der Waals surface area contributed by atoms with Crippen LogP contribution >= 0.6 is 0 Å². The quantitative estimate of drug-likeness (QED) is 0.0531. The highest BCUT2D eigenvalue weighted by molar-refractivity contribution is 5.21. The second-order valence-electron chi connectivity index (χ2n) is 19.9. The van der Waals surface area contributed by atoms with E-state index in [2.05, 4.69) is 0 Å². The van der Waals surface area contributed by atoms with E-state index in [1.165, 1.54) is 0 Å². The van der Waals surface area contributed by atoms with Crippen molar-refractivity contribution in [2.24, 2.45) is 0 Å². The Morgan fingerprint density at radius 1 is 0.241 bits per heavy atom. The van der Waals surface area contributed by atoms with E-state index in [0.29, 0.717) is 0 Å². The van der Waals surface area contributed by atoms with E-state index in [-0.39, 0.29) is 52.9 Å². The van der Waals surface area contributed by atoms with Gasteiger partial charge >= 0.3 is 0 Å². The summed E-state index contributed by atoms with van der Waals surface area (Å²) in [5.74, 6) is 0. The van der Waals surface area contributed by atoms with Gasteiger partial charge in [-0.25, -0.2) is 0 Å². The normalized spacial score (nSPS) is 24.0. The van der Waals surface area contributed by atoms with Gasteiger partial charge in [-0.15, -0.1) is 0 Å². The first-order valence-corrected chi connectivity index (χ1v) is 27.3. The summed E-state index contributed by atoms with van der Waals surface area (Å²) in [6.45, 7) is 1.29. The monoisotopic (exact) mass is 1060 g/mol. The molecule has 11 heteroatoms. The third-order valence-electron chi connectivity index (χ3n) is 14.3. The van der Waals surface area contributed by atoms with E-state index >= 15 is 0 Å². The number of aliphatic hydroxyl groups excluding tert-OH is 1. The molecule has 79 heavy (non-hydrogen) atoms. The third kappa shape index (κ3) is 15.8. The van der Waals surface area contributed by atoms with Gasteiger partial charge in [-0.2, -0.15) is 0 Å². The lowest BCUT2D eigenvalue weighted by Gasteiger charge is -2.52. The molecule has 8 aromatic carbocycles. The first-order chi connectivity index (χ1) is 39.1. The van der Waals surface area contributed by atoms with Gasteiger partial charge in [0.1, 0.15) is 61.0 Å². The van der Waals surface area contributed by atoms with E-state index in [9.17, 15) is 5.11 Å². The summed E-state index contributed by atoms with van der Waals surface area (Å²) in [5, 5.41) is 11.5. The molecule has 0 bridgehead atoms. The minimum Gasteiger partial charge on any atom is -0.394 e. The van der Waals surface area contributed by atoms with E-state index in [4.69, 9.17) is 47.4 Å². The number of ether oxygens (including phenoxy) is 10. The van der Waals surface area contributed by atoms with Gasteiger partial charge in [-0.05, 0) is 44.5 Å². The van der Waals surface area contributed by atoms with Crippen LogP contribution in [0.3, 0.4) is 0 Å². The largest absolute Gasteiger partial charge is 0.394 e. The van der Waals surface area contributed by atoms with Gasteiger partial charge < -0.3 is 52.5 Å². The average molecular weight is 1060 g/mol. The lowest BCUT2D eigenvalue weighted by molar-refractivity contribution is -0.365. The van der Waals surface area contributed by atoms with E-state index in [1.54, 1.807) is 0 Å². The summed E-state index contributed by atoms with van der Waals surface area (Å²) in [6.07, 6.45) is -9.98. The number of rotatable bonds is 27. The lowest BCUT2D eigenvalue weighted by Crippen LogP contribution is -2.69. The zero-order valence-corrected chi connectivity index (χ0v) is 44.3. The van der Waals surface area contributed by atoms with Crippen LogP contribution in [0.4, 0.5) is 0 Å². The molecule has 2 aliphatic rings. The van der Waals surface area contributed by atoms with Crippen molar-refractivity contribution in [3.8, 4) is 0 Å².